The Balaban J connectivity index is 1.54. The van der Waals surface area contributed by atoms with Crippen molar-refractivity contribution in [1.82, 2.24) is 14.6 Å². The van der Waals surface area contributed by atoms with Crippen molar-refractivity contribution >= 4 is 40.3 Å². The van der Waals surface area contributed by atoms with Gasteiger partial charge in [-0.15, -0.1) is 4.37 Å². The lowest BCUT2D eigenvalue weighted by molar-refractivity contribution is 0.0572. The van der Waals surface area contributed by atoms with Crippen molar-refractivity contribution in [3.63, 3.8) is 0 Å². The number of hydrogen-bond donors (Lipinski definition) is 4. The molecule has 0 saturated carbocycles. The Morgan fingerprint density at radius 1 is 1.22 bits per heavy atom. The standard InChI is InChI=1S/C21H25ClF2N4O7S/c1-33-21(32)35-17-18(34-10-12-13(23)6-11(22)7-14(12)24)27-36-19(17)26-20(31)25-4-2-3-5-28-8-15(29)16(30)9-28/h6-7,15-16,29-30H,2-5,8-10H2,1H3,(H2,25,26,31). The molecule has 2 aromatic rings. The van der Waals surface area contributed by atoms with E-state index in [2.05, 4.69) is 19.7 Å². The van der Waals surface area contributed by atoms with Gasteiger partial charge < -0.3 is 29.7 Å². The maximum atomic E-state index is 14.0. The van der Waals surface area contributed by atoms with E-state index in [1.165, 1.54) is 0 Å². The minimum absolute atomic E-state index is 0.00462. The molecule has 198 valence electrons. The van der Waals surface area contributed by atoms with Gasteiger partial charge in [0.1, 0.15) is 18.2 Å². The smallest absolute Gasteiger partial charge is 0.469 e. The summed E-state index contributed by atoms with van der Waals surface area (Å²) in [6.45, 7) is 1.22. The van der Waals surface area contributed by atoms with Crippen LogP contribution in [0.1, 0.15) is 18.4 Å². The quantitative estimate of drug-likeness (QED) is 0.259. The number of likely N-dealkylation sites (tertiary alicyclic amines) is 1. The molecule has 1 aromatic heterocycles. The summed E-state index contributed by atoms with van der Waals surface area (Å²) in [5.74, 6) is -2.44. The summed E-state index contributed by atoms with van der Waals surface area (Å²) in [7, 11) is 1.07. The average Bonchev–Trinajstić information content (AvgIpc) is 3.34. The second-order valence-corrected chi connectivity index (χ2v) is 9.03. The highest BCUT2D eigenvalue weighted by Gasteiger charge is 2.28. The third-order valence-corrected chi connectivity index (χ3v) is 6.13. The normalized spacial score (nSPS) is 17.6. The topological polar surface area (TPSA) is 142 Å². The first-order chi connectivity index (χ1) is 17.2. The highest BCUT2D eigenvalue weighted by Crippen LogP contribution is 2.39. The molecular weight excluding hydrogens is 526 g/mol. The average molecular weight is 551 g/mol. The Hall–Kier alpha value is -2.78. The van der Waals surface area contributed by atoms with Crippen LogP contribution in [-0.2, 0) is 11.3 Å². The van der Waals surface area contributed by atoms with E-state index in [1.807, 2.05) is 4.90 Å². The van der Waals surface area contributed by atoms with Crippen LogP contribution < -0.4 is 20.1 Å². The first-order valence-electron chi connectivity index (χ1n) is 10.8. The molecule has 2 amide bonds. The molecule has 1 aliphatic rings. The van der Waals surface area contributed by atoms with Crippen molar-refractivity contribution in [1.29, 1.82) is 0 Å². The van der Waals surface area contributed by atoms with E-state index in [0.29, 0.717) is 32.6 Å². The SMILES string of the molecule is COC(=O)Oc1c(OCc2c(F)cc(Cl)cc2F)nsc1NC(=O)NCCCCN1CC(O)C(O)C1. The number of carbonyl (C=O) groups is 2. The number of anilines is 1. The van der Waals surface area contributed by atoms with Crippen molar-refractivity contribution in [2.75, 3.05) is 38.6 Å². The van der Waals surface area contributed by atoms with Gasteiger partial charge >= 0.3 is 12.2 Å². The number of aliphatic hydroxyl groups excluding tert-OH is 2. The Morgan fingerprint density at radius 3 is 2.53 bits per heavy atom. The van der Waals surface area contributed by atoms with Gasteiger partial charge in [0.15, 0.2) is 5.00 Å². The van der Waals surface area contributed by atoms with Crippen LogP contribution in [0.4, 0.5) is 23.4 Å². The number of hydrogen-bond acceptors (Lipinski definition) is 10. The molecule has 0 spiro atoms. The Morgan fingerprint density at radius 2 is 1.89 bits per heavy atom. The second kappa shape index (κ2) is 13.0. The number of halogens is 3. The number of nitrogens with one attached hydrogen (secondary N) is 2. The maximum absolute atomic E-state index is 14.0. The molecule has 1 fully saturated rings. The lowest BCUT2D eigenvalue weighted by Crippen LogP contribution is -2.30. The third kappa shape index (κ3) is 7.61. The number of unbranched alkanes of at least 4 members (excludes halogenated alkanes) is 1. The summed E-state index contributed by atoms with van der Waals surface area (Å²) in [4.78, 5) is 25.9. The maximum Gasteiger partial charge on any atom is 0.513 e. The fourth-order valence-corrected chi connectivity index (χ4v) is 4.19. The molecule has 11 nitrogen and oxygen atoms in total. The molecule has 15 heteroatoms. The molecule has 1 saturated heterocycles. The molecule has 2 atom stereocenters. The van der Waals surface area contributed by atoms with Crippen LogP contribution in [-0.4, -0.2) is 77.2 Å². The lowest BCUT2D eigenvalue weighted by atomic mass is 10.2. The van der Waals surface area contributed by atoms with Crippen LogP contribution in [0, 0.1) is 11.6 Å². The zero-order valence-electron chi connectivity index (χ0n) is 19.1. The number of aliphatic hydroxyl groups is 2. The van der Waals surface area contributed by atoms with Gasteiger partial charge in [0.2, 0.25) is 5.75 Å². The monoisotopic (exact) mass is 550 g/mol. The highest BCUT2D eigenvalue weighted by atomic mass is 35.5. The minimum atomic E-state index is -1.12. The van der Waals surface area contributed by atoms with Crippen LogP contribution in [0.5, 0.6) is 11.6 Å². The van der Waals surface area contributed by atoms with Gasteiger partial charge in [-0.2, -0.15) is 0 Å². The van der Waals surface area contributed by atoms with E-state index in [0.717, 1.165) is 37.2 Å². The van der Waals surface area contributed by atoms with Crippen molar-refractivity contribution in [3.05, 3.63) is 34.4 Å². The fraction of sp³-hybridized carbons (Fsp3) is 0.476. The predicted molar refractivity (Wildman–Crippen MR) is 126 cm³/mol. The van der Waals surface area contributed by atoms with E-state index in [9.17, 15) is 28.6 Å². The third-order valence-electron chi connectivity index (χ3n) is 5.18. The van der Waals surface area contributed by atoms with Crippen molar-refractivity contribution in [3.8, 4) is 11.6 Å². The lowest BCUT2D eigenvalue weighted by Gasteiger charge is -2.14. The molecular formula is C21H25ClF2N4O7S. The number of ether oxygens (including phenoxy) is 3. The molecule has 0 bridgehead atoms. The van der Waals surface area contributed by atoms with Crippen molar-refractivity contribution < 1.29 is 42.8 Å². The second-order valence-electron chi connectivity index (χ2n) is 7.82. The number of nitrogens with zero attached hydrogens (tertiary/aromatic N) is 2. The summed E-state index contributed by atoms with van der Waals surface area (Å²) in [5.41, 5.74) is -0.415. The van der Waals surface area contributed by atoms with E-state index < -0.39 is 48.2 Å². The van der Waals surface area contributed by atoms with Crippen LogP contribution in [0.3, 0.4) is 0 Å². The molecule has 2 unspecified atom stereocenters. The molecule has 0 aliphatic carbocycles. The number of β-amino-alcohol motifs (C(OH)–C–C–N with tert-alkyl or cyclic N) is 2. The number of urea groups is 1. The van der Waals surface area contributed by atoms with Gasteiger partial charge in [0.05, 0.1) is 24.9 Å². The van der Waals surface area contributed by atoms with Gasteiger partial charge in [0.25, 0.3) is 5.88 Å². The predicted octanol–water partition coefficient (Wildman–Crippen LogP) is 2.74. The van der Waals surface area contributed by atoms with Gasteiger partial charge in [-0.1, -0.05) is 11.6 Å². The number of aromatic nitrogens is 1. The summed E-state index contributed by atoms with van der Waals surface area (Å²) in [5, 5.41) is 24.1. The van der Waals surface area contributed by atoms with E-state index >= 15 is 0 Å². The molecule has 36 heavy (non-hydrogen) atoms. The van der Waals surface area contributed by atoms with Crippen LogP contribution in [0.15, 0.2) is 12.1 Å². The molecule has 4 N–H and O–H groups in total. The van der Waals surface area contributed by atoms with E-state index in [1.54, 1.807) is 0 Å². The Kier molecular flexibility index (Phi) is 10.0. The molecule has 1 aromatic carbocycles. The summed E-state index contributed by atoms with van der Waals surface area (Å²) >= 11 is 6.34. The Labute approximate surface area is 214 Å². The molecule has 3 rings (SSSR count). The summed E-state index contributed by atoms with van der Waals surface area (Å²) in [6, 6.07) is 1.23. The zero-order chi connectivity index (χ0) is 26.2. The number of rotatable bonds is 10. The van der Waals surface area contributed by atoms with Crippen molar-refractivity contribution in [2.45, 2.75) is 31.7 Å². The van der Waals surface area contributed by atoms with Gasteiger partial charge in [-0.25, -0.2) is 18.4 Å². The van der Waals surface area contributed by atoms with Gasteiger partial charge in [-0.05, 0) is 43.1 Å². The van der Waals surface area contributed by atoms with Crippen LogP contribution in [0.25, 0.3) is 0 Å². The van der Waals surface area contributed by atoms with Gasteiger partial charge in [-0.3, -0.25) is 10.2 Å². The van der Waals surface area contributed by atoms with Crippen LogP contribution >= 0.6 is 23.1 Å². The van der Waals surface area contributed by atoms with E-state index in [4.69, 9.17) is 21.1 Å². The summed E-state index contributed by atoms with van der Waals surface area (Å²) in [6.07, 6.45) is -1.24. The minimum Gasteiger partial charge on any atom is -0.469 e. The molecule has 2 heterocycles. The number of methoxy groups -OCH3 is 1. The van der Waals surface area contributed by atoms with E-state index in [-0.39, 0.29) is 21.7 Å². The first kappa shape index (κ1) is 27.8. The number of carbonyl (C=O) groups excluding carboxylic acids is 2. The number of amides is 2. The largest absolute Gasteiger partial charge is 0.513 e. The highest BCUT2D eigenvalue weighted by molar-refractivity contribution is 7.11. The molecule has 1 aliphatic heterocycles. The first-order valence-corrected chi connectivity index (χ1v) is 12.0. The van der Waals surface area contributed by atoms with Crippen LogP contribution in [0.2, 0.25) is 5.02 Å². The van der Waals surface area contributed by atoms with Crippen molar-refractivity contribution in [2.24, 2.45) is 0 Å². The summed E-state index contributed by atoms with van der Waals surface area (Å²) < 4.78 is 46.8. The van der Waals surface area contributed by atoms with Gasteiger partial charge in [0, 0.05) is 24.7 Å². The number of benzene rings is 1. The Bertz CT molecular complexity index is 1040. The fourth-order valence-electron chi connectivity index (χ4n) is 3.34. The zero-order valence-corrected chi connectivity index (χ0v) is 20.7. The molecule has 0 radical (unpaired) electrons.